The monoisotopic (exact) mass is 285 g/mol. The maximum absolute atomic E-state index is 12.2. The van der Waals surface area contributed by atoms with Crippen LogP contribution in [0.2, 0.25) is 0 Å². The lowest BCUT2D eigenvalue weighted by atomic mass is 10.1. The Bertz CT molecular complexity index is 377. The first-order chi connectivity index (χ1) is 9.52. The number of hydrogen-bond acceptors (Lipinski definition) is 4. The largest absolute Gasteiger partial charge is 0.480 e. The number of methoxy groups -OCH3 is 1. The molecule has 0 aromatic carbocycles. The van der Waals surface area contributed by atoms with Crippen LogP contribution in [0.3, 0.4) is 0 Å². The van der Waals surface area contributed by atoms with Gasteiger partial charge < -0.3 is 20.1 Å². The predicted octanol–water partition coefficient (Wildman–Crippen LogP) is -0.0359. The van der Waals surface area contributed by atoms with Gasteiger partial charge >= 0.3 is 12.0 Å². The third-order valence-electron chi connectivity index (χ3n) is 4.36. The number of carboxylic acid groups (broad SMARTS) is 1. The summed E-state index contributed by atoms with van der Waals surface area (Å²) in [5.74, 6) is -1.08. The molecule has 0 radical (unpaired) electrons. The van der Waals surface area contributed by atoms with Gasteiger partial charge in [-0.1, -0.05) is 0 Å². The van der Waals surface area contributed by atoms with Crippen LogP contribution in [0.15, 0.2) is 0 Å². The van der Waals surface area contributed by atoms with Gasteiger partial charge in [0.2, 0.25) is 0 Å². The fraction of sp³-hybridized carbons (Fsp3) is 0.846. The van der Waals surface area contributed by atoms with Crippen molar-refractivity contribution in [3.8, 4) is 0 Å². The Morgan fingerprint density at radius 1 is 1.35 bits per heavy atom. The molecule has 2 heterocycles. The van der Waals surface area contributed by atoms with Gasteiger partial charge in [0, 0.05) is 32.3 Å². The number of rotatable bonds is 4. The van der Waals surface area contributed by atoms with Crippen molar-refractivity contribution in [2.24, 2.45) is 0 Å². The van der Waals surface area contributed by atoms with Crippen LogP contribution in [-0.4, -0.2) is 78.9 Å². The number of aliphatic carboxylic acids is 1. The fourth-order valence-corrected chi connectivity index (χ4v) is 3.07. The number of nitrogens with zero attached hydrogens (tertiary/aromatic N) is 2. The average molecular weight is 285 g/mol. The second-order valence-corrected chi connectivity index (χ2v) is 5.58. The minimum atomic E-state index is -1.08. The highest BCUT2D eigenvalue weighted by Gasteiger charge is 2.36. The van der Waals surface area contributed by atoms with Gasteiger partial charge in [0.15, 0.2) is 6.04 Å². The number of carbonyl (C=O) groups is 2. The molecule has 0 aromatic heterocycles. The van der Waals surface area contributed by atoms with Crippen LogP contribution in [0, 0.1) is 0 Å². The number of nitrogens with one attached hydrogen (secondary N) is 1. The lowest BCUT2D eigenvalue weighted by molar-refractivity contribution is -0.140. The van der Waals surface area contributed by atoms with Crippen molar-refractivity contribution in [1.82, 2.24) is 15.1 Å². The summed E-state index contributed by atoms with van der Waals surface area (Å²) in [6.07, 6.45) is 3.24. The summed E-state index contributed by atoms with van der Waals surface area (Å²) in [5.41, 5.74) is 0. The topological polar surface area (TPSA) is 82.1 Å². The molecule has 2 saturated heterocycles. The molecule has 2 aliphatic heterocycles. The molecule has 2 bridgehead atoms. The quantitative estimate of drug-likeness (QED) is 0.757. The molecule has 7 heteroatoms. The van der Waals surface area contributed by atoms with Crippen molar-refractivity contribution in [1.29, 1.82) is 0 Å². The van der Waals surface area contributed by atoms with Gasteiger partial charge in [0.05, 0.1) is 6.61 Å². The van der Waals surface area contributed by atoms with Crippen LogP contribution in [0.25, 0.3) is 0 Å². The number of carbonyl (C=O) groups excluding carboxylic acids is 1. The van der Waals surface area contributed by atoms with E-state index in [0.29, 0.717) is 25.2 Å². The fourth-order valence-electron chi connectivity index (χ4n) is 3.07. The number of likely N-dealkylation sites (N-methyl/N-ethyl adjacent to an activating group) is 1. The Kier molecular flexibility index (Phi) is 4.82. The molecule has 3 unspecified atom stereocenters. The number of fused-ring (bicyclic) bond motifs is 2. The van der Waals surface area contributed by atoms with E-state index in [1.165, 1.54) is 13.5 Å². The van der Waals surface area contributed by atoms with Gasteiger partial charge in [-0.15, -0.1) is 0 Å². The highest BCUT2D eigenvalue weighted by Crippen LogP contribution is 2.28. The Hall–Kier alpha value is -1.34. The first-order valence-corrected chi connectivity index (χ1v) is 7.02. The lowest BCUT2D eigenvalue weighted by Crippen LogP contribution is -2.51. The molecule has 2 N–H and O–H groups in total. The first-order valence-electron chi connectivity index (χ1n) is 7.02. The molecular formula is C13H23N3O4. The van der Waals surface area contributed by atoms with Crippen molar-refractivity contribution in [3.63, 3.8) is 0 Å². The number of amides is 2. The molecule has 0 saturated carbocycles. The molecule has 2 fully saturated rings. The van der Waals surface area contributed by atoms with E-state index in [4.69, 9.17) is 9.84 Å². The van der Waals surface area contributed by atoms with Crippen LogP contribution in [0.4, 0.5) is 4.79 Å². The van der Waals surface area contributed by atoms with Gasteiger partial charge in [0.25, 0.3) is 0 Å². The average Bonchev–Trinajstić information content (AvgIpc) is 2.62. The molecule has 2 amide bonds. The number of urea groups is 1. The van der Waals surface area contributed by atoms with Crippen molar-refractivity contribution < 1.29 is 19.4 Å². The molecule has 7 nitrogen and oxygen atoms in total. The molecule has 2 rings (SSSR count). The second-order valence-electron chi connectivity index (χ2n) is 5.58. The third kappa shape index (κ3) is 3.21. The SMILES string of the molecule is COCC(NC(=O)N1CCC2CCC(C1)N2C)C(=O)O. The Balaban J connectivity index is 1.93. The molecule has 0 aromatic rings. The van der Waals surface area contributed by atoms with E-state index in [-0.39, 0.29) is 12.6 Å². The molecular weight excluding hydrogens is 262 g/mol. The van der Waals surface area contributed by atoms with Gasteiger partial charge in [-0.05, 0) is 26.3 Å². The van der Waals surface area contributed by atoms with Crippen molar-refractivity contribution in [2.45, 2.75) is 37.4 Å². The summed E-state index contributed by atoms with van der Waals surface area (Å²) in [7, 11) is 3.52. The van der Waals surface area contributed by atoms with Gasteiger partial charge in [-0.25, -0.2) is 9.59 Å². The van der Waals surface area contributed by atoms with Crippen LogP contribution in [0.1, 0.15) is 19.3 Å². The van der Waals surface area contributed by atoms with Crippen molar-refractivity contribution in [2.75, 3.05) is 33.9 Å². The number of carboxylic acids is 1. The second kappa shape index (κ2) is 6.41. The van der Waals surface area contributed by atoms with E-state index >= 15 is 0 Å². The zero-order valence-electron chi connectivity index (χ0n) is 12.0. The van der Waals surface area contributed by atoms with Crippen LogP contribution >= 0.6 is 0 Å². The highest BCUT2D eigenvalue weighted by atomic mass is 16.5. The maximum atomic E-state index is 12.2. The Labute approximate surface area is 118 Å². The van der Waals surface area contributed by atoms with Crippen molar-refractivity contribution in [3.05, 3.63) is 0 Å². The van der Waals surface area contributed by atoms with E-state index in [2.05, 4.69) is 17.3 Å². The van der Waals surface area contributed by atoms with E-state index in [1.54, 1.807) is 4.90 Å². The zero-order valence-corrected chi connectivity index (χ0v) is 12.0. The zero-order chi connectivity index (χ0) is 14.7. The minimum absolute atomic E-state index is 0.0269. The van der Waals surface area contributed by atoms with E-state index in [1.807, 2.05) is 0 Å². The molecule has 0 spiro atoms. The number of likely N-dealkylation sites (tertiary alicyclic amines) is 1. The number of ether oxygens (including phenoxy) is 1. The van der Waals surface area contributed by atoms with Gasteiger partial charge in [-0.3, -0.25) is 4.90 Å². The standard InChI is InChI=1S/C13H23N3O4/c1-15-9-3-4-10(15)7-16(6-5-9)13(19)14-11(8-20-2)12(17)18/h9-11H,3-8H2,1-2H3,(H,14,19)(H,17,18). The summed E-state index contributed by atoms with van der Waals surface area (Å²) in [6, 6.07) is -0.368. The summed E-state index contributed by atoms with van der Waals surface area (Å²) < 4.78 is 4.82. The lowest BCUT2D eigenvalue weighted by Gasteiger charge is -2.27. The molecule has 3 atom stereocenters. The number of hydrogen-bond donors (Lipinski definition) is 2. The normalized spacial score (nSPS) is 28.0. The van der Waals surface area contributed by atoms with E-state index < -0.39 is 12.0 Å². The predicted molar refractivity (Wildman–Crippen MR) is 72.6 cm³/mol. The third-order valence-corrected chi connectivity index (χ3v) is 4.36. The maximum Gasteiger partial charge on any atom is 0.328 e. The molecule has 2 aliphatic rings. The summed E-state index contributed by atoms with van der Waals surface area (Å²) >= 11 is 0. The molecule has 0 aliphatic carbocycles. The van der Waals surface area contributed by atoms with Gasteiger partial charge in [0.1, 0.15) is 0 Å². The van der Waals surface area contributed by atoms with Crippen LogP contribution in [-0.2, 0) is 9.53 Å². The summed E-state index contributed by atoms with van der Waals surface area (Å²) in [6.45, 7) is 1.32. The summed E-state index contributed by atoms with van der Waals surface area (Å²) in [5, 5.41) is 11.6. The van der Waals surface area contributed by atoms with Crippen molar-refractivity contribution >= 4 is 12.0 Å². The molecule has 114 valence electrons. The minimum Gasteiger partial charge on any atom is -0.480 e. The van der Waals surface area contributed by atoms with Gasteiger partial charge in [-0.2, -0.15) is 0 Å². The van der Waals surface area contributed by atoms with Crippen LogP contribution in [0.5, 0.6) is 0 Å². The summed E-state index contributed by atoms with van der Waals surface area (Å²) in [4.78, 5) is 27.3. The van der Waals surface area contributed by atoms with E-state index in [9.17, 15) is 9.59 Å². The Morgan fingerprint density at radius 2 is 2.05 bits per heavy atom. The van der Waals surface area contributed by atoms with E-state index in [0.717, 1.165) is 12.8 Å². The smallest absolute Gasteiger partial charge is 0.328 e. The van der Waals surface area contributed by atoms with Crippen LogP contribution < -0.4 is 5.32 Å². The molecule has 20 heavy (non-hydrogen) atoms. The Morgan fingerprint density at radius 3 is 2.70 bits per heavy atom. The first kappa shape index (κ1) is 15.1. The highest BCUT2D eigenvalue weighted by molar-refractivity contribution is 5.82.